The van der Waals surface area contributed by atoms with Crippen LogP contribution in [0, 0.1) is 6.92 Å². The minimum absolute atomic E-state index is 0.0715. The number of aryl methyl sites for hydroxylation is 1. The van der Waals surface area contributed by atoms with Crippen molar-refractivity contribution in [2.24, 2.45) is 0 Å². The Morgan fingerprint density at radius 3 is 2.48 bits per heavy atom. The molecule has 7 heteroatoms. The zero-order chi connectivity index (χ0) is 21.2. The van der Waals surface area contributed by atoms with Gasteiger partial charge in [0.15, 0.2) is 11.6 Å². The van der Waals surface area contributed by atoms with Crippen LogP contribution < -0.4 is 10.2 Å². The molecule has 5 rings (SSSR count). The average Bonchev–Trinajstić information content (AvgIpc) is 3.35. The van der Waals surface area contributed by atoms with Crippen LogP contribution in [-0.4, -0.2) is 47.1 Å². The van der Waals surface area contributed by atoms with E-state index in [1.54, 1.807) is 6.26 Å². The standard InChI is InChI=1S/C24H23N5O2/c1-17-7-2-4-9-19(17)26-24(30)29-14-12-28(13-15-29)23-18-8-3-5-10-20(18)25-22(27-23)21-11-6-16-31-21/h2-11,16H,12-15H2,1H3,(H,26,30). The summed E-state index contributed by atoms with van der Waals surface area (Å²) in [6.07, 6.45) is 1.62. The molecule has 2 aromatic carbocycles. The number of carbonyl (C=O) groups excluding carboxylic acids is 1. The number of urea groups is 1. The van der Waals surface area contributed by atoms with Crippen molar-refractivity contribution in [2.75, 3.05) is 36.4 Å². The van der Waals surface area contributed by atoms with Crippen molar-refractivity contribution in [3.8, 4) is 11.6 Å². The second-order valence-electron chi connectivity index (χ2n) is 7.58. The first-order chi connectivity index (χ1) is 15.2. The lowest BCUT2D eigenvalue weighted by Gasteiger charge is -2.36. The van der Waals surface area contributed by atoms with E-state index < -0.39 is 0 Å². The molecule has 0 radical (unpaired) electrons. The summed E-state index contributed by atoms with van der Waals surface area (Å²) >= 11 is 0. The van der Waals surface area contributed by atoms with Gasteiger partial charge in [0, 0.05) is 37.3 Å². The number of anilines is 2. The Hall–Kier alpha value is -3.87. The van der Waals surface area contributed by atoms with Gasteiger partial charge in [0.25, 0.3) is 0 Å². The number of nitrogens with zero attached hydrogens (tertiary/aromatic N) is 4. The highest BCUT2D eigenvalue weighted by atomic mass is 16.3. The number of fused-ring (bicyclic) bond motifs is 1. The third-order valence-corrected chi connectivity index (χ3v) is 5.58. The molecular weight excluding hydrogens is 390 g/mol. The molecule has 7 nitrogen and oxygen atoms in total. The third kappa shape index (κ3) is 3.82. The van der Waals surface area contributed by atoms with Crippen LogP contribution >= 0.6 is 0 Å². The highest BCUT2D eigenvalue weighted by Crippen LogP contribution is 2.28. The van der Waals surface area contributed by atoms with Crippen LogP contribution in [0.2, 0.25) is 0 Å². The Balaban J connectivity index is 1.36. The number of carbonyl (C=O) groups is 1. The highest BCUT2D eigenvalue weighted by Gasteiger charge is 2.24. The summed E-state index contributed by atoms with van der Waals surface area (Å²) in [6.45, 7) is 4.61. The van der Waals surface area contributed by atoms with Gasteiger partial charge in [-0.25, -0.2) is 14.8 Å². The summed E-state index contributed by atoms with van der Waals surface area (Å²) in [5, 5.41) is 4.02. The van der Waals surface area contributed by atoms with Crippen LogP contribution in [0.3, 0.4) is 0 Å². The molecular formula is C24H23N5O2. The second kappa shape index (κ2) is 8.10. The molecule has 0 aliphatic carbocycles. The smallest absolute Gasteiger partial charge is 0.321 e. The lowest BCUT2D eigenvalue weighted by molar-refractivity contribution is 0.208. The first-order valence-corrected chi connectivity index (χ1v) is 10.4. The highest BCUT2D eigenvalue weighted by molar-refractivity contribution is 5.92. The molecule has 4 aromatic rings. The minimum atomic E-state index is -0.0715. The summed E-state index contributed by atoms with van der Waals surface area (Å²) in [6, 6.07) is 19.4. The van der Waals surface area contributed by atoms with Crippen LogP contribution in [0.5, 0.6) is 0 Å². The van der Waals surface area contributed by atoms with Gasteiger partial charge in [0.2, 0.25) is 0 Å². The number of amides is 2. The summed E-state index contributed by atoms with van der Waals surface area (Å²) in [7, 11) is 0. The molecule has 31 heavy (non-hydrogen) atoms. The number of rotatable bonds is 3. The van der Waals surface area contributed by atoms with E-state index >= 15 is 0 Å². The van der Waals surface area contributed by atoms with Crippen LogP contribution in [0.15, 0.2) is 71.3 Å². The molecule has 1 fully saturated rings. The van der Waals surface area contributed by atoms with Gasteiger partial charge < -0.3 is 19.5 Å². The predicted molar refractivity (Wildman–Crippen MR) is 121 cm³/mol. The largest absolute Gasteiger partial charge is 0.461 e. The molecule has 1 aliphatic rings. The van der Waals surface area contributed by atoms with Gasteiger partial charge in [0.1, 0.15) is 5.82 Å². The van der Waals surface area contributed by atoms with Crippen LogP contribution in [0.25, 0.3) is 22.5 Å². The maximum Gasteiger partial charge on any atom is 0.321 e. The third-order valence-electron chi connectivity index (χ3n) is 5.58. The number of nitrogens with one attached hydrogen (secondary N) is 1. The Bertz CT molecular complexity index is 1210. The van der Waals surface area contributed by atoms with Crippen molar-refractivity contribution in [1.29, 1.82) is 0 Å². The molecule has 1 saturated heterocycles. The number of piperazine rings is 1. The van der Waals surface area contributed by atoms with E-state index in [2.05, 4.69) is 15.2 Å². The molecule has 156 valence electrons. The predicted octanol–water partition coefficient (Wildman–Crippen LogP) is 4.55. The zero-order valence-electron chi connectivity index (χ0n) is 17.3. The SMILES string of the molecule is Cc1ccccc1NC(=O)N1CCN(c2nc(-c3ccco3)nc3ccccc23)CC1. The maximum atomic E-state index is 12.7. The van der Waals surface area contributed by atoms with Gasteiger partial charge >= 0.3 is 6.03 Å². The number of benzene rings is 2. The number of aromatic nitrogens is 2. The van der Waals surface area contributed by atoms with Crippen molar-refractivity contribution in [2.45, 2.75) is 6.92 Å². The molecule has 1 N–H and O–H groups in total. The fourth-order valence-electron chi connectivity index (χ4n) is 3.85. The van der Waals surface area contributed by atoms with E-state index in [0.717, 1.165) is 28.0 Å². The topological polar surface area (TPSA) is 74.5 Å². The summed E-state index contributed by atoms with van der Waals surface area (Å²) in [5.41, 5.74) is 2.77. The molecule has 0 atom stereocenters. The van der Waals surface area contributed by atoms with E-state index in [-0.39, 0.29) is 6.03 Å². The lowest BCUT2D eigenvalue weighted by atomic mass is 10.2. The molecule has 0 bridgehead atoms. The molecule has 2 amide bonds. The minimum Gasteiger partial charge on any atom is -0.461 e. The van der Waals surface area contributed by atoms with Crippen LogP contribution in [-0.2, 0) is 0 Å². The van der Waals surface area contributed by atoms with Crippen molar-refractivity contribution in [1.82, 2.24) is 14.9 Å². The van der Waals surface area contributed by atoms with Crippen LogP contribution in [0.1, 0.15) is 5.56 Å². The number of hydrogen-bond acceptors (Lipinski definition) is 5. The van der Waals surface area contributed by atoms with E-state index in [4.69, 9.17) is 9.40 Å². The number of hydrogen-bond donors (Lipinski definition) is 1. The monoisotopic (exact) mass is 413 g/mol. The van der Waals surface area contributed by atoms with Crippen molar-refractivity contribution < 1.29 is 9.21 Å². The van der Waals surface area contributed by atoms with Gasteiger partial charge in [-0.15, -0.1) is 0 Å². The van der Waals surface area contributed by atoms with E-state index in [1.165, 1.54) is 0 Å². The van der Waals surface area contributed by atoms with Crippen molar-refractivity contribution in [3.05, 3.63) is 72.5 Å². The first-order valence-electron chi connectivity index (χ1n) is 10.4. The molecule has 1 aliphatic heterocycles. The van der Waals surface area contributed by atoms with Crippen LogP contribution in [0.4, 0.5) is 16.3 Å². The average molecular weight is 413 g/mol. The van der Waals surface area contributed by atoms with Gasteiger partial charge in [-0.05, 0) is 42.8 Å². The molecule has 0 spiro atoms. The first kappa shape index (κ1) is 19.1. The molecule has 3 heterocycles. The Kier molecular flexibility index (Phi) is 5.00. The zero-order valence-corrected chi connectivity index (χ0v) is 17.3. The Morgan fingerprint density at radius 2 is 1.71 bits per heavy atom. The fourth-order valence-corrected chi connectivity index (χ4v) is 3.85. The normalized spacial score (nSPS) is 14.1. The van der Waals surface area contributed by atoms with E-state index in [1.807, 2.05) is 72.5 Å². The Labute approximate surface area is 180 Å². The summed E-state index contributed by atoms with van der Waals surface area (Å²) in [4.78, 5) is 26.3. The summed E-state index contributed by atoms with van der Waals surface area (Å²) in [5.74, 6) is 2.08. The van der Waals surface area contributed by atoms with Crippen molar-refractivity contribution in [3.63, 3.8) is 0 Å². The molecule has 0 unspecified atom stereocenters. The van der Waals surface area contributed by atoms with E-state index in [9.17, 15) is 4.79 Å². The number of para-hydroxylation sites is 2. The van der Waals surface area contributed by atoms with Gasteiger partial charge in [0.05, 0.1) is 11.8 Å². The summed E-state index contributed by atoms with van der Waals surface area (Å²) < 4.78 is 5.52. The van der Waals surface area contributed by atoms with E-state index in [0.29, 0.717) is 37.8 Å². The number of furan rings is 1. The van der Waals surface area contributed by atoms with Gasteiger partial charge in [-0.2, -0.15) is 0 Å². The Morgan fingerprint density at radius 1 is 0.935 bits per heavy atom. The maximum absolute atomic E-state index is 12.7. The quantitative estimate of drug-likeness (QED) is 0.533. The van der Waals surface area contributed by atoms with Crippen molar-refractivity contribution >= 4 is 28.4 Å². The lowest BCUT2D eigenvalue weighted by Crippen LogP contribution is -2.50. The second-order valence-corrected chi connectivity index (χ2v) is 7.58. The molecule has 0 saturated carbocycles. The molecule has 2 aromatic heterocycles. The van der Waals surface area contributed by atoms with Gasteiger partial charge in [-0.3, -0.25) is 0 Å². The fraction of sp³-hybridized carbons (Fsp3) is 0.208. The van der Waals surface area contributed by atoms with Gasteiger partial charge in [-0.1, -0.05) is 30.3 Å².